The minimum absolute atomic E-state index is 0.245. The molecule has 0 aliphatic heterocycles. The summed E-state index contributed by atoms with van der Waals surface area (Å²) in [5, 5.41) is 0. The van der Waals surface area contributed by atoms with Gasteiger partial charge in [-0.15, -0.1) is 0 Å². The van der Waals surface area contributed by atoms with Crippen LogP contribution >= 0.6 is 0 Å². The Bertz CT molecular complexity index is 44.9. The van der Waals surface area contributed by atoms with Gasteiger partial charge in [0.2, 0.25) is 5.91 Å². The molecule has 0 unspecified atom stereocenters. The maximum absolute atomic E-state index is 9.59. The zero-order valence-corrected chi connectivity index (χ0v) is 3.19. The largest absolute Gasteiger partial charge is 0.370 e. The Kier molecular flexibility index (Phi) is 1.65. The summed E-state index contributed by atoms with van der Waals surface area (Å²) >= 11 is 0. The van der Waals surface area contributed by atoms with E-state index in [-0.39, 0.29) is 5.91 Å². The maximum Gasteiger partial charge on any atom is 0.209 e. The number of amides is 1. The second kappa shape index (κ2) is 1.82. The zero-order chi connectivity index (χ0) is 4.28. The van der Waals surface area contributed by atoms with Crippen molar-refractivity contribution in [2.45, 2.75) is 6.32 Å². The molecule has 2 nitrogen and oxygen atoms in total. The third-order valence-corrected chi connectivity index (χ3v) is 0.348. The van der Waals surface area contributed by atoms with E-state index in [9.17, 15) is 4.79 Å². The van der Waals surface area contributed by atoms with Crippen molar-refractivity contribution in [1.29, 1.82) is 0 Å². The number of rotatable bonds is 1. The van der Waals surface area contributed by atoms with Crippen LogP contribution in [-0.4, -0.2) is 13.8 Å². The highest BCUT2D eigenvalue weighted by atomic mass is 16.1. The van der Waals surface area contributed by atoms with E-state index in [0.29, 0.717) is 6.32 Å². The molecule has 0 atom stereocenters. The Hall–Kier alpha value is -0.465. The van der Waals surface area contributed by atoms with E-state index in [4.69, 9.17) is 0 Å². The average Bonchev–Trinajstić information content (AvgIpc) is 1.38. The van der Waals surface area contributed by atoms with Gasteiger partial charge in [0.15, 0.2) is 0 Å². The lowest BCUT2D eigenvalue weighted by molar-refractivity contribution is -0.115. The summed E-state index contributed by atoms with van der Waals surface area (Å²) in [5.41, 5.74) is 4.65. The van der Waals surface area contributed by atoms with Crippen LogP contribution in [0.25, 0.3) is 0 Å². The molecule has 0 radical (unpaired) electrons. The molecular formula is C2H6BNO. The van der Waals surface area contributed by atoms with Crippen molar-refractivity contribution in [3.8, 4) is 0 Å². The van der Waals surface area contributed by atoms with Crippen molar-refractivity contribution in [3.05, 3.63) is 0 Å². The second-order valence-electron chi connectivity index (χ2n) is 0.820. The summed E-state index contributed by atoms with van der Waals surface area (Å²) in [5.74, 6) is -0.245. The quantitative estimate of drug-likeness (QED) is 0.376. The third kappa shape index (κ3) is 3.53. The average molecular weight is 70.9 g/mol. The van der Waals surface area contributed by atoms with Gasteiger partial charge in [0, 0.05) is 0 Å². The number of primary amides is 1. The molecule has 0 aromatic heterocycles. The normalized spacial score (nSPS) is 7.20. The molecule has 0 aromatic rings. The molecule has 0 spiro atoms. The summed E-state index contributed by atoms with van der Waals surface area (Å²) in [6, 6.07) is 0. The molecule has 0 aliphatic carbocycles. The Balaban J connectivity index is 2.85. The fourth-order valence-corrected chi connectivity index (χ4v) is 0. The molecule has 0 saturated carbocycles. The number of carbonyl (C=O) groups excluding carboxylic acids is 1. The molecule has 5 heavy (non-hydrogen) atoms. The van der Waals surface area contributed by atoms with Crippen LogP contribution in [-0.2, 0) is 4.79 Å². The highest BCUT2D eigenvalue weighted by molar-refractivity contribution is 6.19. The molecule has 0 bridgehead atoms. The predicted molar refractivity (Wildman–Crippen MR) is 22.5 cm³/mol. The van der Waals surface area contributed by atoms with E-state index < -0.39 is 0 Å². The molecule has 0 rings (SSSR count). The van der Waals surface area contributed by atoms with Crippen LogP contribution < -0.4 is 5.73 Å². The van der Waals surface area contributed by atoms with E-state index in [1.54, 1.807) is 7.85 Å². The van der Waals surface area contributed by atoms with E-state index in [0.717, 1.165) is 0 Å². The lowest BCUT2D eigenvalue weighted by Crippen LogP contribution is -2.07. The van der Waals surface area contributed by atoms with Gasteiger partial charge in [0.1, 0.15) is 7.85 Å². The molecule has 0 fully saturated rings. The van der Waals surface area contributed by atoms with Crippen molar-refractivity contribution >= 4 is 13.8 Å². The predicted octanol–water partition coefficient (Wildman–Crippen LogP) is -1.48. The summed E-state index contributed by atoms with van der Waals surface area (Å²) in [4.78, 5) is 9.59. The Morgan fingerprint density at radius 1 is 2.00 bits per heavy atom. The lowest BCUT2D eigenvalue weighted by Gasteiger charge is -1.72. The number of carbonyl (C=O) groups is 1. The van der Waals surface area contributed by atoms with E-state index in [2.05, 4.69) is 5.73 Å². The monoisotopic (exact) mass is 71.1 g/mol. The zero-order valence-electron chi connectivity index (χ0n) is 3.19. The summed E-state index contributed by atoms with van der Waals surface area (Å²) in [6.07, 6.45) is 0.444. The van der Waals surface area contributed by atoms with Gasteiger partial charge >= 0.3 is 0 Å². The van der Waals surface area contributed by atoms with Crippen LogP contribution in [0.4, 0.5) is 0 Å². The first-order valence-corrected chi connectivity index (χ1v) is 1.55. The summed E-state index contributed by atoms with van der Waals surface area (Å²) in [7, 11) is 1.72. The van der Waals surface area contributed by atoms with E-state index >= 15 is 0 Å². The lowest BCUT2D eigenvalue weighted by atomic mass is 10.1. The minimum Gasteiger partial charge on any atom is -0.370 e. The van der Waals surface area contributed by atoms with Crippen LogP contribution in [0.1, 0.15) is 0 Å². The Labute approximate surface area is 31.8 Å². The molecule has 0 aromatic carbocycles. The van der Waals surface area contributed by atoms with Gasteiger partial charge in [-0.3, -0.25) is 4.79 Å². The molecule has 3 heteroatoms. The highest BCUT2D eigenvalue weighted by Gasteiger charge is 1.77. The molecule has 2 N–H and O–H groups in total. The molecule has 0 saturated heterocycles. The molecule has 0 heterocycles. The third-order valence-electron chi connectivity index (χ3n) is 0.348. The number of hydrogen-bond acceptors (Lipinski definition) is 1. The smallest absolute Gasteiger partial charge is 0.209 e. The van der Waals surface area contributed by atoms with Crippen LogP contribution in [0.3, 0.4) is 0 Å². The van der Waals surface area contributed by atoms with Gasteiger partial charge in [-0.2, -0.15) is 0 Å². The van der Waals surface area contributed by atoms with Gasteiger partial charge in [0.05, 0.1) is 0 Å². The second-order valence-corrected chi connectivity index (χ2v) is 0.820. The number of nitrogens with two attached hydrogens (primary N) is 1. The van der Waals surface area contributed by atoms with Crippen molar-refractivity contribution < 1.29 is 4.79 Å². The first-order chi connectivity index (χ1) is 2.27. The van der Waals surface area contributed by atoms with Crippen LogP contribution in [0.5, 0.6) is 0 Å². The summed E-state index contributed by atoms with van der Waals surface area (Å²) in [6.45, 7) is 0. The van der Waals surface area contributed by atoms with Crippen molar-refractivity contribution in [3.63, 3.8) is 0 Å². The fourth-order valence-electron chi connectivity index (χ4n) is 0. The molecule has 0 aliphatic rings. The van der Waals surface area contributed by atoms with Gasteiger partial charge in [0.25, 0.3) is 0 Å². The standard InChI is InChI=1S/C2H6BNO/c3-1-2(4)5/h1,3H2,(H2,4,5). The molecule has 28 valence electrons. The van der Waals surface area contributed by atoms with Crippen molar-refractivity contribution in [2.24, 2.45) is 5.73 Å². The highest BCUT2D eigenvalue weighted by Crippen LogP contribution is 1.58. The first kappa shape index (κ1) is 4.53. The summed E-state index contributed by atoms with van der Waals surface area (Å²) < 4.78 is 0. The number of hydrogen-bond donors (Lipinski definition) is 1. The van der Waals surface area contributed by atoms with Crippen LogP contribution in [0.2, 0.25) is 6.32 Å². The van der Waals surface area contributed by atoms with E-state index in [1.807, 2.05) is 0 Å². The van der Waals surface area contributed by atoms with Crippen molar-refractivity contribution in [2.75, 3.05) is 0 Å². The fraction of sp³-hybridized carbons (Fsp3) is 0.500. The van der Waals surface area contributed by atoms with Crippen LogP contribution in [0.15, 0.2) is 0 Å². The minimum atomic E-state index is -0.245. The van der Waals surface area contributed by atoms with Gasteiger partial charge in [-0.05, 0) is 6.32 Å². The van der Waals surface area contributed by atoms with Gasteiger partial charge in [-0.1, -0.05) is 0 Å². The van der Waals surface area contributed by atoms with Gasteiger partial charge < -0.3 is 5.73 Å². The van der Waals surface area contributed by atoms with Gasteiger partial charge in [-0.25, -0.2) is 0 Å². The Morgan fingerprint density at radius 3 is 2.20 bits per heavy atom. The SMILES string of the molecule is BCC(N)=O. The maximum atomic E-state index is 9.59. The molecular weight excluding hydrogens is 64.8 g/mol. The first-order valence-electron chi connectivity index (χ1n) is 1.55. The topological polar surface area (TPSA) is 43.1 Å². The van der Waals surface area contributed by atoms with Crippen LogP contribution in [0, 0.1) is 0 Å². The Morgan fingerprint density at radius 2 is 2.20 bits per heavy atom. The molecule has 1 amide bonds. The van der Waals surface area contributed by atoms with E-state index in [1.165, 1.54) is 0 Å². The van der Waals surface area contributed by atoms with Crippen molar-refractivity contribution in [1.82, 2.24) is 0 Å².